The molecule has 1 aromatic heterocycles. The minimum atomic E-state index is -3.62. The van der Waals surface area contributed by atoms with Crippen molar-refractivity contribution >= 4 is 10.0 Å². The summed E-state index contributed by atoms with van der Waals surface area (Å²) < 4.78 is 36.5. The van der Waals surface area contributed by atoms with E-state index in [4.69, 9.17) is 4.74 Å². The van der Waals surface area contributed by atoms with E-state index in [0.29, 0.717) is 18.6 Å². The summed E-state index contributed by atoms with van der Waals surface area (Å²) in [6, 6.07) is 0.319. The van der Waals surface area contributed by atoms with E-state index in [1.54, 1.807) is 6.20 Å². The van der Waals surface area contributed by atoms with Crippen LogP contribution in [-0.4, -0.2) is 36.2 Å². The number of hydrogen-bond acceptors (Lipinski definition) is 4. The number of sulfonamides is 1. The molecule has 6 nitrogen and oxygen atoms in total. The number of imidazole rings is 1. The van der Waals surface area contributed by atoms with Crippen molar-refractivity contribution < 1.29 is 13.2 Å². The summed E-state index contributed by atoms with van der Waals surface area (Å²) in [4.78, 5) is 4.40. The lowest BCUT2D eigenvalue weighted by Crippen LogP contribution is -2.52. The summed E-state index contributed by atoms with van der Waals surface area (Å²) in [6.07, 6.45) is 7.69. The first-order chi connectivity index (χ1) is 10.9. The van der Waals surface area contributed by atoms with Crippen LogP contribution in [0.3, 0.4) is 0 Å². The van der Waals surface area contributed by atoms with Gasteiger partial charge in [-0.1, -0.05) is 0 Å². The van der Waals surface area contributed by atoms with E-state index in [2.05, 4.69) is 16.6 Å². The molecule has 7 heteroatoms. The molecule has 0 spiro atoms. The fourth-order valence-corrected chi connectivity index (χ4v) is 5.46. The predicted octanol–water partition coefficient (Wildman–Crippen LogP) is 2.02. The number of rotatable bonds is 4. The number of fused-ring (bicyclic) bond motifs is 1. The van der Waals surface area contributed by atoms with Gasteiger partial charge in [0.15, 0.2) is 5.03 Å². The van der Waals surface area contributed by atoms with Gasteiger partial charge in [-0.3, -0.25) is 0 Å². The van der Waals surface area contributed by atoms with Gasteiger partial charge in [0, 0.05) is 25.3 Å². The molecule has 1 aromatic rings. The zero-order valence-corrected chi connectivity index (χ0v) is 14.6. The van der Waals surface area contributed by atoms with Crippen LogP contribution >= 0.6 is 0 Å². The van der Waals surface area contributed by atoms with Crippen LogP contribution in [-0.2, 0) is 21.2 Å². The number of ether oxygens (including phenoxy) is 1. The Bertz CT molecular complexity index is 710. The number of nitrogens with one attached hydrogen (secondary N) is 1. The molecule has 2 aliphatic heterocycles. The van der Waals surface area contributed by atoms with Crippen molar-refractivity contribution in [2.45, 2.75) is 75.1 Å². The van der Waals surface area contributed by atoms with Gasteiger partial charge >= 0.3 is 0 Å². The standard InChI is InChI=1S/C16H25N3O3S/c1-11-4-3-5-13-17-14(10-19(11)13)23(20,21)18-16(2)8-9-22-15(16)12-6-7-12/h10-12,15,18H,3-9H2,1-2H3. The van der Waals surface area contributed by atoms with Gasteiger partial charge in [0.05, 0.1) is 11.6 Å². The van der Waals surface area contributed by atoms with E-state index in [0.717, 1.165) is 44.3 Å². The number of aromatic nitrogens is 2. The van der Waals surface area contributed by atoms with Crippen LogP contribution in [0.25, 0.3) is 0 Å². The quantitative estimate of drug-likeness (QED) is 0.911. The van der Waals surface area contributed by atoms with Crippen molar-refractivity contribution in [3.63, 3.8) is 0 Å². The molecule has 1 N–H and O–H groups in total. The lowest BCUT2D eigenvalue weighted by atomic mass is 9.92. The van der Waals surface area contributed by atoms with Crippen LogP contribution in [0, 0.1) is 5.92 Å². The third-order valence-electron chi connectivity index (χ3n) is 5.52. The van der Waals surface area contributed by atoms with E-state index in [1.807, 2.05) is 11.5 Å². The third-order valence-corrected chi connectivity index (χ3v) is 7.01. The van der Waals surface area contributed by atoms with Crippen LogP contribution in [0.1, 0.15) is 57.8 Å². The van der Waals surface area contributed by atoms with Crippen LogP contribution < -0.4 is 4.72 Å². The number of hydrogen-bond donors (Lipinski definition) is 1. The first kappa shape index (κ1) is 15.6. The average molecular weight is 339 g/mol. The van der Waals surface area contributed by atoms with E-state index in [9.17, 15) is 8.42 Å². The first-order valence-electron chi connectivity index (χ1n) is 8.62. The van der Waals surface area contributed by atoms with Gasteiger partial charge in [0.1, 0.15) is 5.82 Å². The molecule has 128 valence electrons. The van der Waals surface area contributed by atoms with Gasteiger partial charge in [0.2, 0.25) is 0 Å². The maximum absolute atomic E-state index is 12.9. The summed E-state index contributed by atoms with van der Waals surface area (Å²) in [5.74, 6) is 1.39. The van der Waals surface area contributed by atoms with E-state index in [-0.39, 0.29) is 11.1 Å². The Morgan fingerprint density at radius 3 is 2.87 bits per heavy atom. The highest BCUT2D eigenvalue weighted by Gasteiger charge is 2.50. The summed E-state index contributed by atoms with van der Waals surface area (Å²) in [7, 11) is -3.62. The fourth-order valence-electron chi connectivity index (χ4n) is 4.05. The van der Waals surface area contributed by atoms with Crippen molar-refractivity contribution in [1.82, 2.24) is 14.3 Å². The van der Waals surface area contributed by atoms with Crippen molar-refractivity contribution in [3.05, 3.63) is 12.0 Å². The van der Waals surface area contributed by atoms with Crippen LogP contribution in [0.15, 0.2) is 11.2 Å². The smallest absolute Gasteiger partial charge is 0.260 e. The van der Waals surface area contributed by atoms with Gasteiger partial charge in [0.25, 0.3) is 10.0 Å². The summed E-state index contributed by atoms with van der Waals surface area (Å²) in [5, 5.41) is 0.156. The Hall–Kier alpha value is -0.920. The van der Waals surface area contributed by atoms with Gasteiger partial charge < -0.3 is 9.30 Å². The van der Waals surface area contributed by atoms with Crippen LogP contribution in [0.5, 0.6) is 0 Å². The Morgan fingerprint density at radius 2 is 2.17 bits per heavy atom. The molecule has 0 aromatic carbocycles. The highest BCUT2D eigenvalue weighted by atomic mass is 32.2. The van der Waals surface area contributed by atoms with Crippen molar-refractivity contribution in [2.24, 2.45) is 5.92 Å². The lowest BCUT2D eigenvalue weighted by Gasteiger charge is -2.30. The molecule has 3 atom stereocenters. The topological polar surface area (TPSA) is 73.2 Å². The third kappa shape index (κ3) is 2.72. The zero-order chi connectivity index (χ0) is 16.2. The van der Waals surface area contributed by atoms with Crippen LogP contribution in [0.2, 0.25) is 0 Å². The maximum atomic E-state index is 12.9. The minimum absolute atomic E-state index is 0.00608. The number of aryl methyl sites for hydroxylation is 1. The second-order valence-corrected chi connectivity index (χ2v) is 9.17. The van der Waals surface area contributed by atoms with Crippen molar-refractivity contribution in [1.29, 1.82) is 0 Å². The largest absolute Gasteiger partial charge is 0.376 e. The second-order valence-electron chi connectivity index (χ2n) is 7.55. The maximum Gasteiger partial charge on any atom is 0.260 e. The van der Waals surface area contributed by atoms with Crippen molar-refractivity contribution in [3.8, 4) is 0 Å². The SMILES string of the molecule is CC1CCCc2nc(S(=O)(=O)NC3(C)CCOC3C3CC3)cn21. The first-order valence-corrected chi connectivity index (χ1v) is 10.1. The Morgan fingerprint density at radius 1 is 1.39 bits per heavy atom. The summed E-state index contributed by atoms with van der Waals surface area (Å²) >= 11 is 0. The molecular weight excluding hydrogens is 314 g/mol. The average Bonchev–Trinajstić information content (AvgIpc) is 3.08. The Kier molecular flexibility index (Phi) is 3.59. The summed E-state index contributed by atoms with van der Waals surface area (Å²) in [6.45, 7) is 4.71. The fraction of sp³-hybridized carbons (Fsp3) is 0.812. The Labute approximate surface area is 137 Å². The van der Waals surface area contributed by atoms with Gasteiger partial charge in [-0.05, 0) is 51.9 Å². The molecule has 23 heavy (non-hydrogen) atoms. The molecule has 0 bridgehead atoms. The van der Waals surface area contributed by atoms with E-state index < -0.39 is 15.6 Å². The van der Waals surface area contributed by atoms with E-state index in [1.165, 1.54) is 0 Å². The predicted molar refractivity (Wildman–Crippen MR) is 85.7 cm³/mol. The molecule has 1 saturated heterocycles. The zero-order valence-electron chi connectivity index (χ0n) is 13.8. The van der Waals surface area contributed by atoms with Gasteiger partial charge in [-0.15, -0.1) is 0 Å². The molecule has 1 aliphatic carbocycles. The molecule has 3 aliphatic rings. The monoisotopic (exact) mass is 339 g/mol. The molecule has 3 unspecified atom stereocenters. The normalized spacial score (nSPS) is 34.5. The van der Waals surface area contributed by atoms with Gasteiger partial charge in [-0.25, -0.2) is 18.1 Å². The molecule has 1 saturated carbocycles. The number of nitrogens with zero attached hydrogens (tertiary/aromatic N) is 2. The highest BCUT2D eigenvalue weighted by molar-refractivity contribution is 7.89. The van der Waals surface area contributed by atoms with Gasteiger partial charge in [-0.2, -0.15) is 0 Å². The van der Waals surface area contributed by atoms with Crippen LogP contribution in [0.4, 0.5) is 0 Å². The molecular formula is C16H25N3O3S. The Balaban J connectivity index is 1.60. The molecule has 2 fully saturated rings. The minimum Gasteiger partial charge on any atom is -0.376 e. The van der Waals surface area contributed by atoms with Crippen molar-refractivity contribution in [2.75, 3.05) is 6.61 Å². The van der Waals surface area contributed by atoms with E-state index >= 15 is 0 Å². The highest BCUT2D eigenvalue weighted by Crippen LogP contribution is 2.43. The molecule has 3 heterocycles. The molecule has 0 radical (unpaired) electrons. The molecule has 0 amide bonds. The summed E-state index contributed by atoms with van der Waals surface area (Å²) in [5.41, 5.74) is -0.518. The molecule has 4 rings (SSSR count). The second kappa shape index (κ2) is 5.29. The lowest BCUT2D eigenvalue weighted by molar-refractivity contribution is 0.0629.